The summed E-state index contributed by atoms with van der Waals surface area (Å²) in [5, 5.41) is 17.1. The summed E-state index contributed by atoms with van der Waals surface area (Å²) in [7, 11) is 0. The maximum Gasteiger partial charge on any atom is 1.00 e. The van der Waals surface area contributed by atoms with E-state index in [0.29, 0.717) is 28.0 Å². The molecule has 33 heavy (non-hydrogen) atoms. The first-order valence-electron chi connectivity index (χ1n) is 10.3. The molecule has 0 aliphatic carbocycles. The molecule has 0 amide bonds. The van der Waals surface area contributed by atoms with E-state index in [1.807, 2.05) is 80.7 Å². The molecule has 0 aliphatic heterocycles. The molecule has 0 unspecified atom stereocenters. The summed E-state index contributed by atoms with van der Waals surface area (Å²) >= 11 is 0. The summed E-state index contributed by atoms with van der Waals surface area (Å²) in [5.41, 5.74) is 4.36. The van der Waals surface area contributed by atoms with Gasteiger partial charge in [0.05, 0.1) is 28.1 Å². The Kier molecular flexibility index (Phi) is 6.51. The van der Waals surface area contributed by atoms with E-state index in [9.17, 15) is 9.90 Å². The maximum absolute atomic E-state index is 12.2. The monoisotopic (exact) mass is 445 g/mol. The molecule has 0 saturated carbocycles. The zero-order valence-corrected chi connectivity index (χ0v) is 20.6. The molecule has 0 radical (unpaired) electrons. The number of carbonyl (C=O) groups is 1. The second-order valence-corrected chi connectivity index (χ2v) is 7.72. The zero-order chi connectivity index (χ0) is 22.2. The molecule has 6 nitrogen and oxygen atoms in total. The van der Waals surface area contributed by atoms with Crippen LogP contribution in [-0.4, -0.2) is 20.6 Å². The van der Waals surface area contributed by atoms with Gasteiger partial charge >= 0.3 is 29.6 Å². The third-order valence-corrected chi connectivity index (χ3v) is 5.55. The number of ether oxygens (including phenoxy) is 1. The van der Waals surface area contributed by atoms with Gasteiger partial charge in [0.15, 0.2) is 0 Å². The van der Waals surface area contributed by atoms with Crippen LogP contribution in [0.3, 0.4) is 0 Å². The van der Waals surface area contributed by atoms with Crippen molar-refractivity contribution in [3.63, 3.8) is 0 Å². The molecule has 2 aromatic carbocycles. The molecule has 158 valence electrons. The molecule has 0 saturated heterocycles. The van der Waals surface area contributed by atoms with Crippen LogP contribution < -0.4 is 39.4 Å². The SMILES string of the molecule is Cc1ccc(O[C@H](C)c2ccccc2)c2c(C(=O)[O-])cc(-c3cc4ccccn4n3)nc12.[Na+]. The fourth-order valence-electron chi connectivity index (χ4n) is 3.88. The van der Waals surface area contributed by atoms with Gasteiger partial charge < -0.3 is 14.6 Å². The van der Waals surface area contributed by atoms with Gasteiger partial charge in [-0.1, -0.05) is 42.5 Å². The van der Waals surface area contributed by atoms with Crippen LogP contribution in [0.25, 0.3) is 27.8 Å². The Balaban J connectivity index is 0.00000259. The molecule has 0 N–H and O–H groups in total. The third kappa shape index (κ3) is 4.37. The third-order valence-electron chi connectivity index (χ3n) is 5.55. The molecule has 5 aromatic rings. The zero-order valence-electron chi connectivity index (χ0n) is 18.6. The standard InChI is InChI=1S/C26H21N3O3.Na/c1-16-11-12-23(32-17(2)18-8-4-3-5-9-18)24-20(26(30)31)15-21(27-25(16)24)22-14-19-10-6-7-13-29(19)28-22;/h3-15,17H,1-2H3,(H,30,31);/q;+1/p-1/t17-;/m1./s1. The van der Waals surface area contributed by atoms with Gasteiger partial charge in [0.2, 0.25) is 0 Å². The number of carboxylic acid groups (broad SMARTS) is 1. The van der Waals surface area contributed by atoms with Crippen molar-refractivity contribution in [1.29, 1.82) is 0 Å². The van der Waals surface area contributed by atoms with Crippen molar-refractivity contribution in [2.75, 3.05) is 0 Å². The number of aryl methyl sites for hydroxylation is 1. The summed E-state index contributed by atoms with van der Waals surface area (Å²) in [6, 6.07) is 22.6. The second-order valence-electron chi connectivity index (χ2n) is 7.72. The van der Waals surface area contributed by atoms with Gasteiger partial charge in [-0.25, -0.2) is 9.50 Å². The predicted molar refractivity (Wildman–Crippen MR) is 120 cm³/mol. The van der Waals surface area contributed by atoms with Crippen molar-refractivity contribution in [1.82, 2.24) is 14.6 Å². The summed E-state index contributed by atoms with van der Waals surface area (Å²) in [5.74, 6) is -0.833. The summed E-state index contributed by atoms with van der Waals surface area (Å²) in [6.45, 7) is 3.82. The number of fused-ring (bicyclic) bond motifs is 2. The van der Waals surface area contributed by atoms with Gasteiger partial charge in [0.25, 0.3) is 0 Å². The molecule has 7 heteroatoms. The van der Waals surface area contributed by atoms with E-state index in [1.54, 1.807) is 10.6 Å². The molecule has 0 aliphatic rings. The van der Waals surface area contributed by atoms with Crippen molar-refractivity contribution >= 4 is 22.4 Å². The molecule has 0 fully saturated rings. The first-order valence-corrected chi connectivity index (χ1v) is 10.3. The van der Waals surface area contributed by atoms with E-state index in [0.717, 1.165) is 16.6 Å². The van der Waals surface area contributed by atoms with Crippen LogP contribution in [-0.2, 0) is 0 Å². The van der Waals surface area contributed by atoms with Gasteiger partial charge in [-0.15, -0.1) is 0 Å². The van der Waals surface area contributed by atoms with E-state index < -0.39 is 5.97 Å². The van der Waals surface area contributed by atoms with Crippen LogP contribution in [0.15, 0.2) is 79.0 Å². The first kappa shape index (κ1) is 23.0. The van der Waals surface area contributed by atoms with E-state index in [-0.39, 0.29) is 41.2 Å². The normalized spacial score (nSPS) is 11.8. The number of hydrogen-bond acceptors (Lipinski definition) is 5. The number of carboxylic acids is 1. The predicted octanol–water partition coefficient (Wildman–Crippen LogP) is 1.37. The quantitative estimate of drug-likeness (QED) is 0.382. The average molecular weight is 445 g/mol. The van der Waals surface area contributed by atoms with Crippen molar-refractivity contribution < 1.29 is 44.2 Å². The Hall–Kier alpha value is -3.19. The van der Waals surface area contributed by atoms with Gasteiger partial charge in [0.1, 0.15) is 17.5 Å². The average Bonchev–Trinajstić information content (AvgIpc) is 3.25. The number of aromatic nitrogens is 3. The Morgan fingerprint density at radius 2 is 1.76 bits per heavy atom. The first-order chi connectivity index (χ1) is 15.5. The molecule has 3 aromatic heterocycles. The molecular formula is C26H20N3NaO3. The fraction of sp³-hybridized carbons (Fsp3) is 0.115. The van der Waals surface area contributed by atoms with E-state index >= 15 is 0 Å². The number of carbonyl (C=O) groups excluding carboxylic acids is 1. The molecule has 3 heterocycles. The van der Waals surface area contributed by atoms with Gasteiger partial charge in [-0.2, -0.15) is 5.10 Å². The number of nitrogens with zero attached hydrogens (tertiary/aromatic N) is 3. The minimum absolute atomic E-state index is 0. The van der Waals surface area contributed by atoms with Gasteiger partial charge in [-0.05, 0) is 55.3 Å². The number of aromatic carboxylic acids is 1. The molecule has 0 spiro atoms. The van der Waals surface area contributed by atoms with Crippen LogP contribution in [0.1, 0.15) is 34.5 Å². The molecule has 1 atom stereocenters. The Morgan fingerprint density at radius 3 is 2.48 bits per heavy atom. The number of hydrogen-bond donors (Lipinski definition) is 0. The molecule has 5 rings (SSSR count). The van der Waals surface area contributed by atoms with Crippen LogP contribution in [0.2, 0.25) is 0 Å². The van der Waals surface area contributed by atoms with Gasteiger partial charge in [-0.3, -0.25) is 0 Å². The second kappa shape index (κ2) is 9.35. The largest absolute Gasteiger partial charge is 1.00 e. The number of pyridine rings is 2. The van der Waals surface area contributed by atoms with Crippen LogP contribution >= 0.6 is 0 Å². The molecular weight excluding hydrogens is 425 g/mol. The van der Waals surface area contributed by atoms with E-state index in [1.165, 1.54) is 6.07 Å². The smallest absolute Gasteiger partial charge is 0.545 e. The summed E-state index contributed by atoms with van der Waals surface area (Å²) in [4.78, 5) is 16.9. The van der Waals surface area contributed by atoms with Crippen molar-refractivity contribution in [2.24, 2.45) is 0 Å². The fourth-order valence-corrected chi connectivity index (χ4v) is 3.88. The maximum atomic E-state index is 12.2. The van der Waals surface area contributed by atoms with Crippen molar-refractivity contribution in [2.45, 2.75) is 20.0 Å². The van der Waals surface area contributed by atoms with Crippen LogP contribution in [0.5, 0.6) is 5.75 Å². The Morgan fingerprint density at radius 1 is 1.00 bits per heavy atom. The topological polar surface area (TPSA) is 79.5 Å². The summed E-state index contributed by atoms with van der Waals surface area (Å²) < 4.78 is 7.93. The van der Waals surface area contributed by atoms with Crippen molar-refractivity contribution in [3.05, 3.63) is 95.7 Å². The summed E-state index contributed by atoms with van der Waals surface area (Å²) in [6.07, 6.45) is 1.57. The van der Waals surface area contributed by atoms with E-state index in [4.69, 9.17) is 9.72 Å². The van der Waals surface area contributed by atoms with Crippen LogP contribution in [0, 0.1) is 6.92 Å². The van der Waals surface area contributed by atoms with Gasteiger partial charge in [0, 0.05) is 11.8 Å². The number of benzene rings is 2. The van der Waals surface area contributed by atoms with Crippen LogP contribution in [0.4, 0.5) is 0 Å². The minimum Gasteiger partial charge on any atom is -0.545 e. The number of rotatable bonds is 5. The Labute approximate surface area is 213 Å². The Bertz CT molecular complexity index is 1430. The molecule has 0 bridgehead atoms. The van der Waals surface area contributed by atoms with Crippen molar-refractivity contribution in [3.8, 4) is 17.1 Å². The van der Waals surface area contributed by atoms with E-state index in [2.05, 4.69) is 5.10 Å². The minimum atomic E-state index is -1.29.